The van der Waals surface area contributed by atoms with Gasteiger partial charge in [-0.2, -0.15) is 4.31 Å². The molecule has 1 atom stereocenters. The minimum absolute atomic E-state index is 0.153. The van der Waals surface area contributed by atoms with Crippen molar-refractivity contribution in [3.63, 3.8) is 0 Å². The number of sulfonamides is 1. The number of likely N-dealkylation sites (tertiary alicyclic amines) is 1. The molecular weight excluding hydrogens is 467 g/mol. The van der Waals surface area contributed by atoms with Gasteiger partial charge in [0.25, 0.3) is 0 Å². The predicted octanol–water partition coefficient (Wildman–Crippen LogP) is 4.34. The Balaban J connectivity index is 1.30. The Kier molecular flexibility index (Phi) is 8.16. The van der Waals surface area contributed by atoms with Crippen molar-refractivity contribution in [3.8, 4) is 16.9 Å². The summed E-state index contributed by atoms with van der Waals surface area (Å²) in [6, 6.07) is 14.7. The summed E-state index contributed by atoms with van der Waals surface area (Å²) in [6.45, 7) is 6.81. The van der Waals surface area contributed by atoms with Gasteiger partial charge < -0.3 is 14.7 Å². The summed E-state index contributed by atoms with van der Waals surface area (Å²) in [7, 11) is -3.60. The van der Waals surface area contributed by atoms with Crippen LogP contribution in [0, 0.1) is 5.92 Å². The fraction of sp³-hybridized carbons (Fsp3) is 0.556. The largest absolute Gasteiger partial charge is 0.493 e. The molecule has 1 N–H and O–H groups in total. The first-order valence-corrected chi connectivity index (χ1v) is 14.0. The second-order valence-corrected chi connectivity index (χ2v) is 12.4. The topological polar surface area (TPSA) is 70.1 Å². The molecule has 2 aromatic rings. The molecule has 0 aliphatic carbocycles. The van der Waals surface area contributed by atoms with Crippen LogP contribution in [-0.4, -0.2) is 73.8 Å². The number of hydrogen-bond donors (Lipinski definition) is 1. The Morgan fingerprint density at radius 1 is 0.971 bits per heavy atom. The molecule has 0 amide bonds. The molecule has 2 aliphatic heterocycles. The summed E-state index contributed by atoms with van der Waals surface area (Å²) >= 11 is 0. The maximum Gasteiger partial charge on any atom is 0.243 e. The number of halogens is 1. The standard InChI is InChI=1S/C27H37FN2O4S/c1-27(2,28)20-29-16-13-21(14-17-29)19-34-25-9-5-22(6-10-25)23-7-11-26(12-8-23)35(32,33)30-15-3-4-24(31)18-30/h5-12,21,24,31H,3-4,13-20H2,1-2H3/t24-/m1/s1. The van der Waals surface area contributed by atoms with E-state index in [1.807, 2.05) is 36.4 Å². The molecule has 2 aliphatic rings. The van der Waals surface area contributed by atoms with Crippen LogP contribution in [-0.2, 0) is 10.0 Å². The fourth-order valence-corrected chi connectivity index (χ4v) is 6.42. The normalized spacial score (nSPS) is 21.2. The van der Waals surface area contributed by atoms with E-state index >= 15 is 0 Å². The van der Waals surface area contributed by atoms with Crippen LogP contribution in [0.2, 0.25) is 0 Å². The van der Waals surface area contributed by atoms with E-state index in [0.717, 1.165) is 42.8 Å². The molecule has 0 radical (unpaired) electrons. The van der Waals surface area contributed by atoms with E-state index in [9.17, 15) is 17.9 Å². The molecule has 2 fully saturated rings. The number of ether oxygens (including phenoxy) is 1. The molecule has 0 spiro atoms. The molecule has 0 saturated carbocycles. The zero-order valence-electron chi connectivity index (χ0n) is 20.7. The monoisotopic (exact) mass is 504 g/mol. The number of piperidine rings is 2. The quantitative estimate of drug-likeness (QED) is 0.579. The van der Waals surface area contributed by atoms with E-state index in [2.05, 4.69) is 4.90 Å². The molecule has 0 aromatic heterocycles. The van der Waals surface area contributed by atoms with Gasteiger partial charge in [0.15, 0.2) is 0 Å². The molecule has 6 nitrogen and oxygen atoms in total. The van der Waals surface area contributed by atoms with Crippen molar-refractivity contribution in [2.24, 2.45) is 5.92 Å². The van der Waals surface area contributed by atoms with Crippen LogP contribution in [0.3, 0.4) is 0 Å². The Bertz CT molecular complexity index is 1060. The Morgan fingerprint density at radius 3 is 2.14 bits per heavy atom. The zero-order valence-corrected chi connectivity index (χ0v) is 21.5. The molecule has 0 unspecified atom stereocenters. The van der Waals surface area contributed by atoms with Crippen LogP contribution in [0.5, 0.6) is 5.75 Å². The maximum atomic E-state index is 13.9. The molecule has 4 rings (SSSR count). The number of aliphatic hydroxyl groups excluding tert-OH is 1. The van der Waals surface area contributed by atoms with Crippen molar-refractivity contribution >= 4 is 10.0 Å². The van der Waals surface area contributed by atoms with Crippen molar-refractivity contribution in [2.75, 3.05) is 39.3 Å². The highest BCUT2D eigenvalue weighted by Gasteiger charge is 2.29. The summed E-state index contributed by atoms with van der Waals surface area (Å²) in [6.07, 6.45) is 2.74. The van der Waals surface area contributed by atoms with E-state index in [1.165, 1.54) is 4.31 Å². The van der Waals surface area contributed by atoms with Crippen molar-refractivity contribution in [1.82, 2.24) is 9.21 Å². The summed E-state index contributed by atoms with van der Waals surface area (Å²) in [5, 5.41) is 9.83. The zero-order chi connectivity index (χ0) is 25.1. The number of rotatable bonds is 8. The van der Waals surface area contributed by atoms with Gasteiger partial charge >= 0.3 is 0 Å². The Morgan fingerprint density at radius 2 is 1.57 bits per heavy atom. The Labute approximate surface area is 208 Å². The average Bonchev–Trinajstić information content (AvgIpc) is 2.83. The van der Waals surface area contributed by atoms with E-state index in [4.69, 9.17) is 4.74 Å². The fourth-order valence-electron chi connectivity index (χ4n) is 4.91. The van der Waals surface area contributed by atoms with E-state index in [1.54, 1.807) is 26.0 Å². The molecule has 2 aromatic carbocycles. The molecule has 2 saturated heterocycles. The lowest BCUT2D eigenvalue weighted by atomic mass is 9.97. The molecular formula is C27H37FN2O4S. The maximum absolute atomic E-state index is 13.9. The second kappa shape index (κ2) is 10.9. The smallest absolute Gasteiger partial charge is 0.243 e. The third kappa shape index (κ3) is 7.03. The van der Waals surface area contributed by atoms with Crippen molar-refractivity contribution in [3.05, 3.63) is 48.5 Å². The third-order valence-electron chi connectivity index (χ3n) is 6.83. The minimum atomic E-state index is -3.60. The van der Waals surface area contributed by atoms with Crippen LogP contribution in [0.4, 0.5) is 4.39 Å². The van der Waals surface area contributed by atoms with Crippen molar-refractivity contribution in [1.29, 1.82) is 0 Å². The first-order chi connectivity index (χ1) is 16.6. The van der Waals surface area contributed by atoms with Gasteiger partial charge in [-0.25, -0.2) is 12.8 Å². The molecule has 0 bridgehead atoms. The van der Waals surface area contributed by atoms with Gasteiger partial charge in [-0.05, 0) is 93.9 Å². The van der Waals surface area contributed by atoms with Gasteiger partial charge in [0.05, 0.1) is 17.6 Å². The summed E-state index contributed by atoms with van der Waals surface area (Å²) in [5.74, 6) is 1.29. The summed E-state index contributed by atoms with van der Waals surface area (Å²) in [4.78, 5) is 2.44. The van der Waals surface area contributed by atoms with Crippen LogP contribution in [0.15, 0.2) is 53.4 Å². The van der Waals surface area contributed by atoms with Gasteiger partial charge in [0, 0.05) is 19.6 Å². The van der Waals surface area contributed by atoms with Gasteiger partial charge in [-0.3, -0.25) is 0 Å². The van der Waals surface area contributed by atoms with Crippen molar-refractivity contribution in [2.45, 2.75) is 56.2 Å². The SMILES string of the molecule is CC(C)(F)CN1CCC(COc2ccc(-c3ccc(S(=O)(=O)N4CCC[C@@H](O)C4)cc3)cc2)CC1. The number of benzene rings is 2. The number of hydrogen-bond acceptors (Lipinski definition) is 5. The van der Waals surface area contributed by atoms with Gasteiger partial charge in [-0.15, -0.1) is 0 Å². The van der Waals surface area contributed by atoms with Crippen molar-refractivity contribution < 1.29 is 22.7 Å². The number of aliphatic hydroxyl groups is 1. The lowest BCUT2D eigenvalue weighted by Gasteiger charge is -2.34. The predicted molar refractivity (Wildman–Crippen MR) is 136 cm³/mol. The van der Waals surface area contributed by atoms with E-state index in [-0.39, 0.29) is 11.4 Å². The molecule has 192 valence electrons. The highest BCUT2D eigenvalue weighted by molar-refractivity contribution is 7.89. The number of nitrogens with zero attached hydrogens (tertiary/aromatic N) is 2. The van der Waals surface area contributed by atoms with E-state index in [0.29, 0.717) is 38.5 Å². The van der Waals surface area contributed by atoms with E-state index < -0.39 is 21.8 Å². The summed E-state index contributed by atoms with van der Waals surface area (Å²) < 4.78 is 47.0. The highest BCUT2D eigenvalue weighted by Crippen LogP contribution is 2.27. The number of β-amino-alcohol motifs (C(OH)–C–C–N with tert-alkyl or cyclic N) is 1. The van der Waals surface area contributed by atoms with Crippen LogP contribution in [0.25, 0.3) is 11.1 Å². The summed E-state index contributed by atoms with van der Waals surface area (Å²) in [5.41, 5.74) is 0.755. The van der Waals surface area contributed by atoms with Crippen LogP contribution >= 0.6 is 0 Å². The minimum Gasteiger partial charge on any atom is -0.493 e. The molecule has 2 heterocycles. The first-order valence-electron chi connectivity index (χ1n) is 12.5. The average molecular weight is 505 g/mol. The van der Waals surface area contributed by atoms with Crippen LogP contribution < -0.4 is 4.74 Å². The Hall–Kier alpha value is -2.00. The highest BCUT2D eigenvalue weighted by atomic mass is 32.2. The first kappa shape index (κ1) is 26.1. The van der Waals surface area contributed by atoms with Gasteiger partial charge in [-0.1, -0.05) is 24.3 Å². The van der Waals surface area contributed by atoms with Gasteiger partial charge in [0.1, 0.15) is 11.4 Å². The lowest BCUT2D eigenvalue weighted by molar-refractivity contribution is 0.0836. The van der Waals surface area contributed by atoms with Gasteiger partial charge in [0.2, 0.25) is 10.0 Å². The molecule has 8 heteroatoms. The third-order valence-corrected chi connectivity index (χ3v) is 8.71. The lowest BCUT2D eigenvalue weighted by Crippen LogP contribution is -2.42. The molecule has 35 heavy (non-hydrogen) atoms. The van der Waals surface area contributed by atoms with Crippen LogP contribution in [0.1, 0.15) is 39.5 Å². The second-order valence-electron chi connectivity index (χ2n) is 10.5. The number of alkyl halides is 1.